The number of nitriles is 1. The summed E-state index contributed by atoms with van der Waals surface area (Å²) in [6.07, 6.45) is 4.40. The van der Waals surface area contributed by atoms with E-state index in [0.717, 1.165) is 46.3 Å². The van der Waals surface area contributed by atoms with Gasteiger partial charge in [0.1, 0.15) is 11.8 Å². The zero-order valence-electron chi connectivity index (χ0n) is 15.8. The average molecular weight is 372 g/mol. The van der Waals surface area contributed by atoms with Crippen molar-refractivity contribution in [1.82, 2.24) is 4.98 Å². The number of fused-ring (bicyclic) bond motifs is 2. The topological polar surface area (TPSA) is 76.1 Å². The predicted molar refractivity (Wildman–Crippen MR) is 106 cm³/mol. The zero-order chi connectivity index (χ0) is 19.7. The van der Waals surface area contributed by atoms with Gasteiger partial charge in [-0.05, 0) is 61.1 Å². The molecule has 1 aromatic carbocycles. The summed E-state index contributed by atoms with van der Waals surface area (Å²) < 4.78 is 10.9. The number of hydrogen-bond acceptors (Lipinski definition) is 5. The minimum absolute atomic E-state index is 0.344. The van der Waals surface area contributed by atoms with Crippen molar-refractivity contribution in [2.45, 2.75) is 32.8 Å². The van der Waals surface area contributed by atoms with Gasteiger partial charge < -0.3 is 9.15 Å². The highest BCUT2D eigenvalue weighted by atomic mass is 16.5. The Kier molecular flexibility index (Phi) is 4.70. The van der Waals surface area contributed by atoms with E-state index < -0.39 is 12.1 Å². The Hall–Kier alpha value is -3.39. The van der Waals surface area contributed by atoms with Gasteiger partial charge in [0.15, 0.2) is 6.10 Å². The van der Waals surface area contributed by atoms with E-state index in [-0.39, 0.29) is 0 Å². The van der Waals surface area contributed by atoms with Crippen LogP contribution >= 0.6 is 0 Å². The summed E-state index contributed by atoms with van der Waals surface area (Å²) in [6, 6.07) is 13.3. The molecule has 1 aliphatic rings. The molecule has 1 aliphatic carbocycles. The molecule has 0 unspecified atom stereocenters. The molecule has 0 amide bonds. The van der Waals surface area contributed by atoms with E-state index in [2.05, 4.69) is 6.92 Å². The lowest BCUT2D eigenvalue weighted by Gasteiger charge is -2.26. The Labute approximate surface area is 163 Å². The predicted octanol–water partition coefficient (Wildman–Crippen LogP) is 5.02. The first-order valence-corrected chi connectivity index (χ1v) is 9.33. The molecule has 2 atom stereocenters. The molecule has 140 valence electrons. The number of pyridine rings is 1. The van der Waals surface area contributed by atoms with Crippen molar-refractivity contribution in [1.29, 1.82) is 5.26 Å². The van der Waals surface area contributed by atoms with Gasteiger partial charge in [0, 0.05) is 5.39 Å². The van der Waals surface area contributed by atoms with Crippen LogP contribution in [-0.2, 0) is 11.2 Å². The van der Waals surface area contributed by atoms with E-state index >= 15 is 0 Å². The number of allylic oxidation sites excluding steroid dienone is 1. The van der Waals surface area contributed by atoms with Gasteiger partial charge in [-0.1, -0.05) is 25.1 Å². The lowest BCUT2D eigenvalue weighted by atomic mass is 9.81. The highest BCUT2D eigenvalue weighted by Crippen LogP contribution is 2.38. The van der Waals surface area contributed by atoms with Crippen molar-refractivity contribution in [3.05, 3.63) is 65.2 Å². The highest BCUT2D eigenvalue weighted by molar-refractivity contribution is 6.06. The first-order chi connectivity index (χ1) is 13.6. The molecule has 0 fully saturated rings. The van der Waals surface area contributed by atoms with Crippen LogP contribution in [0.1, 0.15) is 47.6 Å². The van der Waals surface area contributed by atoms with Crippen molar-refractivity contribution in [3.8, 4) is 6.07 Å². The number of esters is 1. The van der Waals surface area contributed by atoms with E-state index in [1.54, 1.807) is 13.2 Å². The first kappa shape index (κ1) is 18.0. The quantitative estimate of drug-likeness (QED) is 0.603. The minimum atomic E-state index is -0.811. The third-order valence-corrected chi connectivity index (χ3v) is 4.95. The summed E-state index contributed by atoms with van der Waals surface area (Å²) in [5.74, 6) is 0.624. The van der Waals surface area contributed by atoms with Crippen molar-refractivity contribution < 1.29 is 13.9 Å². The van der Waals surface area contributed by atoms with Gasteiger partial charge in [0.2, 0.25) is 0 Å². The molecule has 5 nitrogen and oxygen atoms in total. The second kappa shape index (κ2) is 7.32. The number of ether oxygens (including phenoxy) is 1. The number of benzene rings is 1. The molecule has 5 heteroatoms. The number of carbonyl (C=O) groups excluding carboxylic acids is 1. The third kappa shape index (κ3) is 3.29. The number of carbonyl (C=O) groups is 1. The molecule has 4 rings (SSSR count). The van der Waals surface area contributed by atoms with Crippen molar-refractivity contribution >= 4 is 28.5 Å². The van der Waals surface area contributed by atoms with Gasteiger partial charge in [-0.15, -0.1) is 0 Å². The van der Waals surface area contributed by atoms with Crippen LogP contribution in [0.2, 0.25) is 0 Å². The van der Waals surface area contributed by atoms with E-state index in [0.29, 0.717) is 11.5 Å². The van der Waals surface area contributed by atoms with Gasteiger partial charge in [-0.25, -0.2) is 9.78 Å². The van der Waals surface area contributed by atoms with Crippen LogP contribution in [0.25, 0.3) is 22.6 Å². The maximum Gasteiger partial charge on any atom is 0.340 e. The summed E-state index contributed by atoms with van der Waals surface area (Å²) in [4.78, 5) is 17.9. The fourth-order valence-electron chi connectivity index (χ4n) is 3.76. The maximum absolute atomic E-state index is 13.0. The fraction of sp³-hybridized carbons (Fsp3) is 0.261. The molecule has 2 heterocycles. The number of aromatic nitrogens is 1. The third-order valence-electron chi connectivity index (χ3n) is 4.95. The number of nitrogens with zero attached hydrogens (tertiary/aromatic N) is 2. The van der Waals surface area contributed by atoms with Crippen LogP contribution in [0.5, 0.6) is 0 Å². The molecule has 3 aromatic rings. The van der Waals surface area contributed by atoms with Gasteiger partial charge in [0.05, 0.1) is 23.0 Å². The lowest BCUT2D eigenvalue weighted by Crippen LogP contribution is -2.21. The summed E-state index contributed by atoms with van der Waals surface area (Å²) in [6.45, 7) is 3.72. The Morgan fingerprint density at radius 1 is 1.32 bits per heavy atom. The average Bonchev–Trinajstić information content (AvgIpc) is 3.19. The minimum Gasteiger partial charge on any atom is -0.465 e. The van der Waals surface area contributed by atoms with Crippen LogP contribution in [0, 0.1) is 17.2 Å². The number of rotatable bonds is 3. The van der Waals surface area contributed by atoms with Gasteiger partial charge >= 0.3 is 5.97 Å². The van der Waals surface area contributed by atoms with E-state index in [4.69, 9.17) is 19.4 Å². The molecular formula is C23H20N2O3. The second-order valence-electron chi connectivity index (χ2n) is 7.21. The maximum atomic E-state index is 13.0. The van der Waals surface area contributed by atoms with E-state index in [1.807, 2.05) is 48.5 Å². The van der Waals surface area contributed by atoms with Crippen molar-refractivity contribution in [2.24, 2.45) is 5.92 Å². The number of hydrogen-bond donors (Lipinski definition) is 0. The largest absolute Gasteiger partial charge is 0.465 e. The van der Waals surface area contributed by atoms with Crippen LogP contribution in [0.15, 0.2) is 47.1 Å². The SMILES string of the molecule is C[C@@H]1C/C(=C/c2ccco2)c2nc3ccccc3c(C(=O)O[C@H](C)C#N)c2C1. The molecule has 0 spiro atoms. The Balaban J connectivity index is 1.95. The Morgan fingerprint density at radius 3 is 2.89 bits per heavy atom. The van der Waals surface area contributed by atoms with Gasteiger partial charge in [0.25, 0.3) is 0 Å². The van der Waals surface area contributed by atoms with Crippen molar-refractivity contribution in [3.63, 3.8) is 0 Å². The van der Waals surface area contributed by atoms with Crippen molar-refractivity contribution in [2.75, 3.05) is 0 Å². The highest BCUT2D eigenvalue weighted by Gasteiger charge is 2.29. The lowest BCUT2D eigenvalue weighted by molar-refractivity contribution is 0.0436. The van der Waals surface area contributed by atoms with Crippen LogP contribution in [0.3, 0.4) is 0 Å². The molecule has 28 heavy (non-hydrogen) atoms. The van der Waals surface area contributed by atoms with E-state index in [9.17, 15) is 4.79 Å². The monoisotopic (exact) mass is 372 g/mol. The van der Waals surface area contributed by atoms with Gasteiger partial charge in [-0.3, -0.25) is 0 Å². The fourth-order valence-corrected chi connectivity index (χ4v) is 3.76. The molecular weight excluding hydrogens is 352 g/mol. The first-order valence-electron chi connectivity index (χ1n) is 9.33. The summed E-state index contributed by atoms with van der Waals surface area (Å²) in [7, 11) is 0. The summed E-state index contributed by atoms with van der Waals surface area (Å²) in [5.41, 5.74) is 3.98. The standard InChI is InChI=1S/C23H20N2O3/c1-14-10-16(12-17-6-5-9-27-17)22-19(11-14)21(23(26)28-15(2)13-24)18-7-3-4-8-20(18)25-22/h3-9,12,14-15H,10-11H2,1-2H3/b16-12-/t14-,15-/m1/s1. The molecule has 0 saturated heterocycles. The van der Waals surface area contributed by atoms with Crippen LogP contribution < -0.4 is 0 Å². The Bertz CT molecular complexity index is 1110. The summed E-state index contributed by atoms with van der Waals surface area (Å²) in [5, 5.41) is 9.80. The smallest absolute Gasteiger partial charge is 0.340 e. The molecule has 0 aliphatic heterocycles. The zero-order valence-corrected chi connectivity index (χ0v) is 15.8. The molecule has 2 aromatic heterocycles. The molecule has 0 bridgehead atoms. The Morgan fingerprint density at radius 2 is 2.14 bits per heavy atom. The van der Waals surface area contributed by atoms with E-state index in [1.165, 1.54) is 0 Å². The van der Waals surface area contributed by atoms with Crippen LogP contribution in [-0.4, -0.2) is 17.1 Å². The molecule has 0 radical (unpaired) electrons. The molecule has 0 N–H and O–H groups in total. The second-order valence-corrected chi connectivity index (χ2v) is 7.21. The molecule has 0 saturated carbocycles. The number of furan rings is 1. The van der Waals surface area contributed by atoms with Gasteiger partial charge in [-0.2, -0.15) is 5.26 Å². The normalized spacial score (nSPS) is 18.5. The number of para-hydroxylation sites is 1. The summed E-state index contributed by atoms with van der Waals surface area (Å²) >= 11 is 0. The van der Waals surface area contributed by atoms with Crippen LogP contribution in [0.4, 0.5) is 0 Å².